The highest BCUT2D eigenvalue weighted by Crippen LogP contribution is 2.15. The molecule has 0 aromatic heterocycles. The van der Waals surface area contributed by atoms with E-state index >= 15 is 0 Å². The van der Waals surface area contributed by atoms with E-state index in [0.29, 0.717) is 0 Å². The molecule has 0 fully saturated rings. The molecule has 1 aromatic rings. The molecule has 0 radical (unpaired) electrons. The largest absolute Gasteiger partial charge is 0.759 e. The first-order valence-electron chi connectivity index (χ1n) is 5.05. The Hall–Kier alpha value is -1.31. The van der Waals surface area contributed by atoms with Crippen LogP contribution in [-0.4, -0.2) is 30.6 Å². The number of nitrogen functional groups attached to an aromatic ring is 1. The fourth-order valence-corrected chi connectivity index (χ4v) is 1.27. The summed E-state index contributed by atoms with van der Waals surface area (Å²) in [5.41, 5.74) is 7.66. The Morgan fingerprint density at radius 3 is 1.76 bits per heavy atom. The lowest BCUT2D eigenvalue weighted by molar-refractivity contribution is 0.352. The van der Waals surface area contributed by atoms with Crippen LogP contribution in [0.2, 0.25) is 0 Å². The van der Waals surface area contributed by atoms with Gasteiger partial charge in [-0.1, -0.05) is 0 Å². The zero-order valence-corrected chi connectivity index (χ0v) is 10.6. The molecule has 17 heavy (non-hydrogen) atoms. The predicted molar refractivity (Wildman–Crippen MR) is 64.9 cm³/mol. The van der Waals surface area contributed by atoms with E-state index < -0.39 is 10.4 Å². The minimum Gasteiger partial charge on any atom is -0.759 e. The van der Waals surface area contributed by atoms with Gasteiger partial charge in [-0.2, -0.15) is 0 Å². The van der Waals surface area contributed by atoms with E-state index in [4.69, 9.17) is 23.3 Å². The van der Waals surface area contributed by atoms with Gasteiger partial charge in [0.25, 0.3) is 0 Å². The molecule has 0 saturated heterocycles. The smallest absolute Gasteiger partial charge is 0.0367 e. The second kappa shape index (κ2) is 7.10. The molecule has 2 N–H and O–H groups in total. The van der Waals surface area contributed by atoms with E-state index in [2.05, 4.69) is 30.9 Å². The Bertz CT molecular complexity index is 404. The van der Waals surface area contributed by atoms with Gasteiger partial charge in [0.05, 0.1) is 0 Å². The van der Waals surface area contributed by atoms with E-state index in [1.807, 2.05) is 12.1 Å². The van der Waals surface area contributed by atoms with Crippen LogP contribution in [0, 0.1) is 0 Å². The summed E-state index contributed by atoms with van der Waals surface area (Å²) in [4.78, 5) is 2.29. The number of anilines is 2. The highest BCUT2D eigenvalue weighted by molar-refractivity contribution is 7.79. The molecule has 1 aromatic carbocycles. The third-order valence-corrected chi connectivity index (χ3v) is 2.02. The summed E-state index contributed by atoms with van der Waals surface area (Å²) in [6.07, 6.45) is 0. The van der Waals surface area contributed by atoms with Crippen molar-refractivity contribution in [2.75, 3.05) is 23.7 Å². The normalized spacial score (nSPS) is 10.4. The zero-order chi connectivity index (χ0) is 13.5. The van der Waals surface area contributed by atoms with E-state index in [-0.39, 0.29) is 0 Å². The Balaban J connectivity index is 0.000000437. The van der Waals surface area contributed by atoms with Crippen molar-refractivity contribution in [2.45, 2.75) is 13.8 Å². The molecule has 0 spiro atoms. The van der Waals surface area contributed by atoms with Crippen molar-refractivity contribution in [1.82, 2.24) is 0 Å². The Kier molecular flexibility index (Phi) is 6.55. The second-order valence-corrected chi connectivity index (χ2v) is 3.99. The van der Waals surface area contributed by atoms with Gasteiger partial charge >= 0.3 is 0 Å². The van der Waals surface area contributed by atoms with Crippen LogP contribution in [0.5, 0.6) is 0 Å². The minimum absolute atomic E-state index is 0.825. The van der Waals surface area contributed by atoms with Crippen LogP contribution in [0.25, 0.3) is 0 Å². The molecular weight excluding hydrogens is 244 g/mol. The van der Waals surface area contributed by atoms with Crippen LogP contribution in [-0.2, 0) is 10.4 Å². The first kappa shape index (κ1) is 15.7. The van der Waals surface area contributed by atoms with Crippen LogP contribution in [0.1, 0.15) is 13.8 Å². The van der Waals surface area contributed by atoms with Gasteiger partial charge in [-0.25, -0.2) is 0 Å². The number of nitrogens with zero attached hydrogens (tertiary/aromatic N) is 1. The van der Waals surface area contributed by atoms with Crippen LogP contribution in [0.3, 0.4) is 0 Å². The first-order chi connectivity index (χ1) is 7.77. The summed E-state index contributed by atoms with van der Waals surface area (Å²) < 4.78 is 34.1. The minimum atomic E-state index is -5.17. The lowest BCUT2D eigenvalue weighted by Gasteiger charge is -2.20. The van der Waals surface area contributed by atoms with Gasteiger partial charge in [0.1, 0.15) is 0 Å². The summed E-state index contributed by atoms with van der Waals surface area (Å²) >= 11 is 0. The van der Waals surface area contributed by atoms with Gasteiger partial charge in [0.2, 0.25) is 0 Å². The van der Waals surface area contributed by atoms with Crippen LogP contribution >= 0.6 is 0 Å². The fraction of sp³-hybridized carbons (Fsp3) is 0.400. The SMILES string of the molecule is CCN(CC)c1ccc(N)cc1.O=S(=O)([O-])[O-]. The number of benzene rings is 1. The summed E-state index contributed by atoms with van der Waals surface area (Å²) in [7, 11) is -5.17. The molecular formula is C10H16N2O4S-2. The van der Waals surface area contributed by atoms with Gasteiger partial charge in [0.15, 0.2) is 0 Å². The summed E-state index contributed by atoms with van der Waals surface area (Å²) in [6, 6.07) is 7.99. The molecule has 0 atom stereocenters. The van der Waals surface area contributed by atoms with Crippen LogP contribution in [0.15, 0.2) is 24.3 Å². The standard InChI is InChI=1S/C10H16N2.H2O4S/c1-3-12(4-2)10-7-5-9(11)6-8-10;1-5(2,3)4/h5-8H,3-4,11H2,1-2H3;(H2,1,2,3,4)/p-2. The summed E-state index contributed by atoms with van der Waals surface area (Å²) in [6.45, 7) is 6.39. The molecule has 0 aliphatic rings. The molecule has 0 aliphatic heterocycles. The molecule has 98 valence electrons. The Labute approximate surface area is 102 Å². The van der Waals surface area contributed by atoms with Crippen LogP contribution < -0.4 is 10.6 Å². The second-order valence-electron chi connectivity index (χ2n) is 3.17. The lowest BCUT2D eigenvalue weighted by Crippen LogP contribution is -2.21. The van der Waals surface area contributed by atoms with Crippen molar-refractivity contribution in [3.8, 4) is 0 Å². The van der Waals surface area contributed by atoms with Gasteiger partial charge in [-0.05, 0) is 38.1 Å². The molecule has 0 aliphatic carbocycles. The summed E-state index contributed by atoms with van der Waals surface area (Å²) in [5.74, 6) is 0. The number of hydrogen-bond acceptors (Lipinski definition) is 6. The molecule has 0 saturated carbocycles. The van der Waals surface area contributed by atoms with Gasteiger partial charge in [0, 0.05) is 34.9 Å². The van der Waals surface area contributed by atoms with E-state index in [1.165, 1.54) is 5.69 Å². The van der Waals surface area contributed by atoms with Gasteiger partial charge < -0.3 is 19.7 Å². The molecule has 0 unspecified atom stereocenters. The Morgan fingerprint density at radius 2 is 1.47 bits per heavy atom. The quantitative estimate of drug-likeness (QED) is 0.488. The fourth-order valence-electron chi connectivity index (χ4n) is 1.27. The third-order valence-electron chi connectivity index (χ3n) is 2.02. The molecule has 0 heterocycles. The lowest BCUT2D eigenvalue weighted by atomic mass is 10.2. The highest BCUT2D eigenvalue weighted by Gasteiger charge is 1.99. The number of nitrogens with two attached hydrogens (primary N) is 1. The maximum absolute atomic E-state index is 8.52. The Morgan fingerprint density at radius 1 is 1.12 bits per heavy atom. The van der Waals surface area contributed by atoms with Crippen molar-refractivity contribution in [3.05, 3.63) is 24.3 Å². The third kappa shape index (κ3) is 8.49. The summed E-state index contributed by atoms with van der Waals surface area (Å²) in [5, 5.41) is 0. The van der Waals surface area contributed by atoms with Crippen molar-refractivity contribution in [3.63, 3.8) is 0 Å². The van der Waals surface area contributed by atoms with E-state index in [0.717, 1.165) is 18.8 Å². The van der Waals surface area contributed by atoms with Gasteiger partial charge in [-0.3, -0.25) is 8.42 Å². The molecule has 0 amide bonds. The van der Waals surface area contributed by atoms with E-state index in [9.17, 15) is 0 Å². The molecule has 1 rings (SSSR count). The molecule has 7 heteroatoms. The van der Waals surface area contributed by atoms with Crippen molar-refractivity contribution < 1.29 is 17.5 Å². The van der Waals surface area contributed by atoms with Crippen molar-refractivity contribution >= 4 is 21.8 Å². The van der Waals surface area contributed by atoms with Gasteiger partial charge in [-0.15, -0.1) is 0 Å². The zero-order valence-electron chi connectivity index (χ0n) is 9.79. The average molecular weight is 260 g/mol. The maximum atomic E-state index is 8.52. The molecule has 6 nitrogen and oxygen atoms in total. The van der Waals surface area contributed by atoms with Crippen molar-refractivity contribution in [1.29, 1.82) is 0 Å². The predicted octanol–water partition coefficient (Wildman–Crippen LogP) is 0.777. The maximum Gasteiger partial charge on any atom is 0.0367 e. The van der Waals surface area contributed by atoms with Crippen molar-refractivity contribution in [2.24, 2.45) is 0 Å². The number of rotatable bonds is 3. The number of hydrogen-bond donors (Lipinski definition) is 1. The average Bonchev–Trinajstić information content (AvgIpc) is 2.20. The molecule has 0 bridgehead atoms. The first-order valence-corrected chi connectivity index (χ1v) is 6.38. The highest BCUT2D eigenvalue weighted by atomic mass is 32.3. The van der Waals surface area contributed by atoms with E-state index in [1.54, 1.807) is 0 Å². The monoisotopic (exact) mass is 260 g/mol. The topological polar surface area (TPSA) is 110 Å². The van der Waals surface area contributed by atoms with Crippen LogP contribution in [0.4, 0.5) is 11.4 Å².